The standard InChI is InChI=1S/C15H11BrN2OS2/c1-17-8-2-3-12(17)9-13-14(19)18(15(20)21-13)11-6-4-10(16)5-7-11/h2-9H,1H3/b13-9+. The van der Waals surface area contributed by atoms with Crippen molar-refractivity contribution in [3.05, 3.63) is 57.7 Å². The Morgan fingerprint density at radius 2 is 1.95 bits per heavy atom. The summed E-state index contributed by atoms with van der Waals surface area (Å²) in [5.74, 6) is -0.0754. The molecule has 0 unspecified atom stereocenters. The number of thiocarbonyl (C=S) groups is 1. The van der Waals surface area contributed by atoms with Crippen LogP contribution in [-0.4, -0.2) is 14.8 Å². The van der Waals surface area contributed by atoms with E-state index in [-0.39, 0.29) is 5.91 Å². The Bertz CT molecular complexity index is 749. The molecule has 0 radical (unpaired) electrons. The SMILES string of the molecule is Cn1cccc1/C=C1/SC(=S)N(c2ccc(Br)cc2)C1=O. The first-order valence-corrected chi connectivity index (χ1v) is 8.23. The summed E-state index contributed by atoms with van der Waals surface area (Å²) in [5.41, 5.74) is 1.77. The van der Waals surface area contributed by atoms with Crippen molar-refractivity contribution in [2.45, 2.75) is 0 Å². The van der Waals surface area contributed by atoms with Gasteiger partial charge in [0.15, 0.2) is 4.32 Å². The number of halogens is 1. The molecule has 0 saturated carbocycles. The lowest BCUT2D eigenvalue weighted by molar-refractivity contribution is -0.113. The largest absolute Gasteiger partial charge is 0.351 e. The van der Waals surface area contributed by atoms with Gasteiger partial charge in [-0.2, -0.15) is 0 Å². The number of anilines is 1. The molecule has 1 fully saturated rings. The van der Waals surface area contributed by atoms with Crippen LogP contribution in [0.5, 0.6) is 0 Å². The number of thioether (sulfide) groups is 1. The summed E-state index contributed by atoms with van der Waals surface area (Å²) < 4.78 is 3.49. The highest BCUT2D eigenvalue weighted by Crippen LogP contribution is 2.36. The van der Waals surface area contributed by atoms with Gasteiger partial charge in [-0.15, -0.1) is 0 Å². The number of amides is 1. The number of nitrogens with zero attached hydrogens (tertiary/aromatic N) is 2. The molecule has 1 aromatic carbocycles. The molecule has 0 spiro atoms. The van der Waals surface area contributed by atoms with E-state index in [0.717, 1.165) is 15.9 Å². The molecule has 6 heteroatoms. The molecule has 1 saturated heterocycles. The fraction of sp³-hybridized carbons (Fsp3) is 0.0667. The third kappa shape index (κ3) is 2.84. The number of rotatable bonds is 2. The number of carbonyl (C=O) groups is 1. The topological polar surface area (TPSA) is 25.2 Å². The number of benzene rings is 1. The van der Waals surface area contributed by atoms with Crippen LogP contribution in [0.2, 0.25) is 0 Å². The maximum atomic E-state index is 12.6. The maximum absolute atomic E-state index is 12.6. The van der Waals surface area contributed by atoms with Crippen LogP contribution in [0.1, 0.15) is 5.69 Å². The molecule has 1 amide bonds. The average molecular weight is 379 g/mol. The zero-order chi connectivity index (χ0) is 15.0. The molecule has 2 heterocycles. The lowest BCUT2D eigenvalue weighted by Crippen LogP contribution is -2.27. The zero-order valence-corrected chi connectivity index (χ0v) is 14.3. The molecule has 3 rings (SSSR count). The summed E-state index contributed by atoms with van der Waals surface area (Å²) in [6, 6.07) is 11.5. The summed E-state index contributed by atoms with van der Waals surface area (Å²) in [5, 5.41) is 0. The Kier molecular flexibility index (Phi) is 4.01. The van der Waals surface area contributed by atoms with Crippen molar-refractivity contribution in [2.24, 2.45) is 7.05 Å². The van der Waals surface area contributed by atoms with Crippen molar-refractivity contribution < 1.29 is 4.79 Å². The number of aromatic nitrogens is 1. The van der Waals surface area contributed by atoms with Gasteiger partial charge in [0.05, 0.1) is 10.6 Å². The van der Waals surface area contributed by atoms with Crippen LogP contribution in [0.4, 0.5) is 5.69 Å². The predicted octanol–water partition coefficient (Wildman–Crippen LogP) is 4.19. The van der Waals surface area contributed by atoms with E-state index >= 15 is 0 Å². The van der Waals surface area contributed by atoms with Gasteiger partial charge >= 0.3 is 0 Å². The first kappa shape index (κ1) is 14.6. The van der Waals surface area contributed by atoms with Gasteiger partial charge in [0, 0.05) is 23.4 Å². The predicted molar refractivity (Wildman–Crippen MR) is 95.2 cm³/mol. The maximum Gasteiger partial charge on any atom is 0.270 e. The highest BCUT2D eigenvalue weighted by molar-refractivity contribution is 9.10. The molecule has 0 aliphatic carbocycles. The third-order valence-corrected chi connectivity index (χ3v) is 4.97. The fourth-order valence-electron chi connectivity index (χ4n) is 2.04. The van der Waals surface area contributed by atoms with Crippen LogP contribution in [-0.2, 0) is 11.8 Å². The summed E-state index contributed by atoms with van der Waals surface area (Å²) in [6.45, 7) is 0. The molecule has 0 N–H and O–H groups in total. The molecular formula is C15H11BrN2OS2. The molecule has 2 aromatic rings. The lowest BCUT2D eigenvalue weighted by atomic mass is 10.3. The minimum atomic E-state index is -0.0754. The van der Waals surface area contributed by atoms with Crippen LogP contribution < -0.4 is 4.90 Å². The second-order valence-electron chi connectivity index (χ2n) is 4.54. The molecule has 106 valence electrons. The summed E-state index contributed by atoms with van der Waals surface area (Å²) >= 11 is 10.1. The molecule has 0 atom stereocenters. The molecule has 0 bridgehead atoms. The van der Waals surface area contributed by atoms with Crippen molar-refractivity contribution in [3.8, 4) is 0 Å². The zero-order valence-electron chi connectivity index (χ0n) is 11.1. The van der Waals surface area contributed by atoms with Gasteiger partial charge in [0.1, 0.15) is 0 Å². The molecule has 3 nitrogen and oxygen atoms in total. The Labute approximate surface area is 140 Å². The summed E-state index contributed by atoms with van der Waals surface area (Å²) in [6.07, 6.45) is 3.82. The van der Waals surface area contributed by atoms with Crippen molar-refractivity contribution in [3.63, 3.8) is 0 Å². The Morgan fingerprint density at radius 3 is 2.57 bits per heavy atom. The lowest BCUT2D eigenvalue weighted by Gasteiger charge is -2.14. The summed E-state index contributed by atoms with van der Waals surface area (Å²) in [4.78, 5) is 14.8. The highest BCUT2D eigenvalue weighted by atomic mass is 79.9. The Balaban J connectivity index is 1.94. The van der Waals surface area contributed by atoms with E-state index in [4.69, 9.17) is 12.2 Å². The molecule has 1 aliphatic heterocycles. The highest BCUT2D eigenvalue weighted by Gasteiger charge is 2.33. The second-order valence-corrected chi connectivity index (χ2v) is 7.13. The first-order valence-electron chi connectivity index (χ1n) is 6.21. The van der Waals surface area contributed by atoms with Crippen LogP contribution >= 0.6 is 39.9 Å². The smallest absolute Gasteiger partial charge is 0.270 e. The molecule has 1 aliphatic rings. The van der Waals surface area contributed by atoms with Gasteiger partial charge < -0.3 is 4.57 Å². The quantitative estimate of drug-likeness (QED) is 0.578. The third-order valence-electron chi connectivity index (χ3n) is 3.14. The van der Waals surface area contributed by atoms with Gasteiger partial charge in [0.25, 0.3) is 5.91 Å². The number of carbonyl (C=O) groups excluding carboxylic acids is 1. The number of hydrogen-bond donors (Lipinski definition) is 0. The number of hydrogen-bond acceptors (Lipinski definition) is 3. The molecular weight excluding hydrogens is 368 g/mol. The van der Waals surface area contributed by atoms with Gasteiger partial charge in [-0.25, -0.2) is 0 Å². The van der Waals surface area contributed by atoms with E-state index in [1.807, 2.05) is 60.3 Å². The van der Waals surface area contributed by atoms with E-state index in [2.05, 4.69) is 15.9 Å². The van der Waals surface area contributed by atoms with Gasteiger partial charge in [-0.1, -0.05) is 39.9 Å². The van der Waals surface area contributed by atoms with Gasteiger partial charge in [-0.3, -0.25) is 9.69 Å². The average Bonchev–Trinajstić information content (AvgIpc) is 2.97. The van der Waals surface area contributed by atoms with Crippen molar-refractivity contribution in [2.75, 3.05) is 4.90 Å². The van der Waals surface area contributed by atoms with Crippen LogP contribution in [0.25, 0.3) is 6.08 Å². The second kappa shape index (κ2) is 5.79. The van der Waals surface area contributed by atoms with Crippen LogP contribution in [0.15, 0.2) is 52.0 Å². The van der Waals surface area contributed by atoms with E-state index < -0.39 is 0 Å². The van der Waals surface area contributed by atoms with Gasteiger partial charge in [-0.05, 0) is 42.5 Å². The first-order chi connectivity index (χ1) is 10.1. The monoisotopic (exact) mass is 378 g/mol. The summed E-state index contributed by atoms with van der Waals surface area (Å²) in [7, 11) is 1.95. The molecule has 1 aromatic heterocycles. The van der Waals surface area contributed by atoms with Crippen molar-refractivity contribution >= 4 is 61.9 Å². The van der Waals surface area contributed by atoms with Gasteiger partial charge in [0.2, 0.25) is 0 Å². The van der Waals surface area contributed by atoms with E-state index in [9.17, 15) is 4.79 Å². The minimum Gasteiger partial charge on any atom is -0.351 e. The number of aryl methyl sites for hydroxylation is 1. The minimum absolute atomic E-state index is 0.0754. The molecule has 21 heavy (non-hydrogen) atoms. The fourth-order valence-corrected chi connectivity index (χ4v) is 3.59. The van der Waals surface area contributed by atoms with Crippen LogP contribution in [0.3, 0.4) is 0 Å². The Hall–Kier alpha value is -1.37. The van der Waals surface area contributed by atoms with Crippen LogP contribution in [0, 0.1) is 0 Å². The van der Waals surface area contributed by atoms with E-state index in [0.29, 0.717) is 9.23 Å². The van der Waals surface area contributed by atoms with E-state index in [1.54, 1.807) is 4.90 Å². The Morgan fingerprint density at radius 1 is 1.24 bits per heavy atom. The normalized spacial score (nSPS) is 17.0. The van der Waals surface area contributed by atoms with E-state index in [1.165, 1.54) is 11.8 Å². The van der Waals surface area contributed by atoms with Crippen molar-refractivity contribution in [1.29, 1.82) is 0 Å². The van der Waals surface area contributed by atoms with Crippen molar-refractivity contribution in [1.82, 2.24) is 4.57 Å².